The van der Waals surface area contributed by atoms with Crippen molar-refractivity contribution in [2.24, 2.45) is 0 Å². The highest BCUT2D eigenvalue weighted by atomic mass is 32.1. The Bertz CT molecular complexity index is 984. The lowest BCUT2D eigenvalue weighted by atomic mass is 9.95. The molecule has 3 aromatic rings. The lowest BCUT2D eigenvalue weighted by Crippen LogP contribution is -2.38. The first kappa shape index (κ1) is 18.7. The fourth-order valence-electron chi connectivity index (χ4n) is 3.67. The average molecular weight is 398 g/mol. The Morgan fingerprint density at radius 3 is 2.71 bits per heavy atom. The first-order valence-electron chi connectivity index (χ1n) is 9.14. The Hall–Kier alpha value is -2.64. The summed E-state index contributed by atoms with van der Waals surface area (Å²) in [5.41, 5.74) is 2.47. The summed E-state index contributed by atoms with van der Waals surface area (Å²) in [6.45, 7) is 0.640. The van der Waals surface area contributed by atoms with Crippen molar-refractivity contribution in [1.82, 2.24) is 9.88 Å². The van der Waals surface area contributed by atoms with E-state index in [-0.39, 0.29) is 12.5 Å². The van der Waals surface area contributed by atoms with Crippen LogP contribution < -0.4 is 9.47 Å². The number of hydrogen-bond donors (Lipinski definition) is 1. The zero-order chi connectivity index (χ0) is 19.7. The number of aryl methyl sites for hydroxylation is 1. The Labute approximate surface area is 167 Å². The molecule has 0 saturated heterocycles. The number of thiazole rings is 1. The second-order valence-corrected chi connectivity index (χ2v) is 7.84. The van der Waals surface area contributed by atoms with Crippen LogP contribution in [0.5, 0.6) is 11.5 Å². The first-order chi connectivity index (χ1) is 13.6. The van der Waals surface area contributed by atoms with Crippen LogP contribution in [0, 0.1) is 0 Å². The van der Waals surface area contributed by atoms with Crippen LogP contribution in [0.4, 0.5) is 0 Å². The van der Waals surface area contributed by atoms with Gasteiger partial charge in [-0.15, -0.1) is 11.3 Å². The fraction of sp³-hybridized carbons (Fsp3) is 0.333. The maximum Gasteiger partial charge on any atom is 0.223 e. The molecule has 1 aliphatic rings. The topological polar surface area (TPSA) is 71.9 Å². The molecule has 2 aromatic carbocycles. The minimum absolute atomic E-state index is 0.00571. The zero-order valence-corrected chi connectivity index (χ0v) is 16.7. The van der Waals surface area contributed by atoms with Crippen molar-refractivity contribution in [3.05, 3.63) is 52.5 Å². The molecule has 0 spiro atoms. The molecule has 1 aromatic heterocycles. The molecule has 146 valence electrons. The molecular weight excluding hydrogens is 376 g/mol. The standard InChI is InChI=1S/C21H22N2O4S/c1-26-16-7-8-17(27-2)21-13(16)11-23(12-15(21)24)20(25)10-9-19-22-14-5-3-4-6-18(14)28-19/h3-8,15,24H,9-12H2,1-2H3/t15-/m1/s1. The van der Waals surface area contributed by atoms with Gasteiger partial charge in [0.05, 0.1) is 36.0 Å². The van der Waals surface area contributed by atoms with Crippen molar-refractivity contribution >= 4 is 27.5 Å². The number of carbonyl (C=O) groups excluding carboxylic acids is 1. The Morgan fingerprint density at radius 2 is 1.96 bits per heavy atom. The monoisotopic (exact) mass is 398 g/mol. The Morgan fingerprint density at radius 1 is 1.21 bits per heavy atom. The largest absolute Gasteiger partial charge is 0.496 e. The molecule has 0 saturated carbocycles. The molecule has 4 rings (SSSR count). The summed E-state index contributed by atoms with van der Waals surface area (Å²) < 4.78 is 12.0. The molecule has 2 heterocycles. The van der Waals surface area contributed by atoms with Crippen LogP contribution >= 0.6 is 11.3 Å². The molecule has 6 nitrogen and oxygen atoms in total. The number of hydrogen-bond acceptors (Lipinski definition) is 6. The summed E-state index contributed by atoms with van der Waals surface area (Å²) in [6, 6.07) is 11.6. The van der Waals surface area contributed by atoms with Crippen molar-refractivity contribution in [3.8, 4) is 11.5 Å². The lowest BCUT2D eigenvalue weighted by molar-refractivity contribution is -0.134. The van der Waals surface area contributed by atoms with E-state index in [0.29, 0.717) is 36.4 Å². The number of nitrogens with zero attached hydrogens (tertiary/aromatic N) is 2. The summed E-state index contributed by atoms with van der Waals surface area (Å²) >= 11 is 1.62. The number of aliphatic hydroxyl groups is 1. The van der Waals surface area contributed by atoms with Crippen molar-refractivity contribution in [1.29, 1.82) is 0 Å². The van der Waals surface area contributed by atoms with Crippen LogP contribution in [0.1, 0.15) is 28.7 Å². The van der Waals surface area contributed by atoms with Gasteiger partial charge in [0.1, 0.15) is 17.6 Å². The lowest BCUT2D eigenvalue weighted by Gasteiger charge is -2.34. The summed E-state index contributed by atoms with van der Waals surface area (Å²) in [5.74, 6) is 1.26. The average Bonchev–Trinajstić information content (AvgIpc) is 3.14. The van der Waals surface area contributed by atoms with Crippen LogP contribution in [0.3, 0.4) is 0 Å². The van der Waals surface area contributed by atoms with Crippen LogP contribution in [-0.2, 0) is 17.8 Å². The maximum absolute atomic E-state index is 12.8. The van der Waals surface area contributed by atoms with E-state index < -0.39 is 6.10 Å². The van der Waals surface area contributed by atoms with E-state index in [1.807, 2.05) is 24.3 Å². The number of methoxy groups -OCH3 is 2. The van der Waals surface area contributed by atoms with Crippen LogP contribution in [0.15, 0.2) is 36.4 Å². The van der Waals surface area contributed by atoms with Gasteiger partial charge in [-0.05, 0) is 24.3 Å². The van der Waals surface area contributed by atoms with Gasteiger partial charge >= 0.3 is 0 Å². The van der Waals surface area contributed by atoms with Gasteiger partial charge in [-0.1, -0.05) is 12.1 Å². The maximum atomic E-state index is 12.8. The SMILES string of the molecule is COc1ccc(OC)c2c1CN(C(=O)CCc1nc3ccccc3s1)C[C@H]2O. The molecule has 0 unspecified atom stereocenters. The number of β-amino-alcohol motifs (C(OH)–C–C–N with tert-alkyl or cyclic N) is 1. The first-order valence-corrected chi connectivity index (χ1v) is 9.96. The van der Waals surface area contributed by atoms with Gasteiger partial charge in [0.25, 0.3) is 0 Å². The minimum Gasteiger partial charge on any atom is -0.496 e. The van der Waals surface area contributed by atoms with E-state index >= 15 is 0 Å². The van der Waals surface area contributed by atoms with Crippen LogP contribution in [0.25, 0.3) is 10.2 Å². The van der Waals surface area contributed by atoms with Gasteiger partial charge in [-0.25, -0.2) is 4.98 Å². The summed E-state index contributed by atoms with van der Waals surface area (Å²) in [6.07, 6.45) is 0.140. The van der Waals surface area contributed by atoms with Gasteiger partial charge in [-0.3, -0.25) is 4.79 Å². The van der Waals surface area contributed by atoms with Crippen molar-refractivity contribution in [2.45, 2.75) is 25.5 Å². The van der Waals surface area contributed by atoms with Gasteiger partial charge in [0.15, 0.2) is 0 Å². The van der Waals surface area contributed by atoms with E-state index in [1.54, 1.807) is 42.6 Å². The molecule has 7 heteroatoms. The molecule has 1 aliphatic heterocycles. The molecule has 0 aliphatic carbocycles. The predicted molar refractivity (Wildman–Crippen MR) is 108 cm³/mol. The van der Waals surface area contributed by atoms with E-state index in [9.17, 15) is 9.90 Å². The summed E-state index contributed by atoms with van der Waals surface area (Å²) in [7, 11) is 3.16. The molecular formula is C21H22N2O4S. The third-order valence-corrected chi connectivity index (χ3v) is 6.13. The summed E-state index contributed by atoms with van der Waals surface area (Å²) in [5, 5.41) is 11.6. The second kappa shape index (κ2) is 7.77. The fourth-order valence-corrected chi connectivity index (χ4v) is 4.63. The number of fused-ring (bicyclic) bond motifs is 2. The number of rotatable bonds is 5. The highest BCUT2D eigenvalue weighted by Gasteiger charge is 2.31. The highest BCUT2D eigenvalue weighted by Crippen LogP contribution is 2.39. The van der Waals surface area contributed by atoms with E-state index in [2.05, 4.69) is 4.98 Å². The third-order valence-electron chi connectivity index (χ3n) is 5.03. The quantitative estimate of drug-likeness (QED) is 0.714. The Kier molecular flexibility index (Phi) is 5.19. The molecule has 1 amide bonds. The van der Waals surface area contributed by atoms with Gasteiger partial charge in [-0.2, -0.15) is 0 Å². The summed E-state index contributed by atoms with van der Waals surface area (Å²) in [4.78, 5) is 19.1. The smallest absolute Gasteiger partial charge is 0.223 e. The number of aliphatic hydroxyl groups excluding tert-OH is 1. The number of benzene rings is 2. The van der Waals surface area contributed by atoms with Crippen molar-refractivity contribution in [3.63, 3.8) is 0 Å². The van der Waals surface area contributed by atoms with E-state index in [4.69, 9.17) is 9.47 Å². The molecule has 1 N–H and O–H groups in total. The molecule has 0 bridgehead atoms. The van der Waals surface area contributed by atoms with E-state index in [1.165, 1.54) is 0 Å². The molecule has 0 radical (unpaired) electrons. The van der Waals surface area contributed by atoms with Gasteiger partial charge in [0, 0.05) is 30.5 Å². The van der Waals surface area contributed by atoms with Crippen LogP contribution in [-0.4, -0.2) is 41.7 Å². The van der Waals surface area contributed by atoms with Gasteiger partial charge < -0.3 is 19.5 Å². The molecule has 1 atom stereocenters. The third kappa shape index (κ3) is 3.43. The van der Waals surface area contributed by atoms with Gasteiger partial charge in [0.2, 0.25) is 5.91 Å². The number of carbonyl (C=O) groups is 1. The number of para-hydroxylation sites is 1. The second-order valence-electron chi connectivity index (χ2n) is 6.73. The zero-order valence-electron chi connectivity index (χ0n) is 15.8. The highest BCUT2D eigenvalue weighted by molar-refractivity contribution is 7.18. The number of amides is 1. The molecule has 0 fully saturated rings. The normalized spacial score (nSPS) is 16.1. The van der Waals surface area contributed by atoms with E-state index in [0.717, 1.165) is 20.8 Å². The predicted octanol–water partition coefficient (Wildman–Crippen LogP) is 3.32. The van der Waals surface area contributed by atoms with Crippen molar-refractivity contribution in [2.75, 3.05) is 20.8 Å². The molecule has 28 heavy (non-hydrogen) atoms. The minimum atomic E-state index is -0.805. The van der Waals surface area contributed by atoms with Crippen molar-refractivity contribution < 1.29 is 19.4 Å². The van der Waals surface area contributed by atoms with Crippen LogP contribution in [0.2, 0.25) is 0 Å². The Balaban J connectivity index is 1.50. The number of ether oxygens (including phenoxy) is 2. The number of aromatic nitrogens is 1.